The number of hydrogen-bond acceptors (Lipinski definition) is 3. The molecular weight excluding hydrogens is 278 g/mol. The van der Waals surface area contributed by atoms with E-state index in [0.717, 1.165) is 0 Å². The molecule has 0 unspecified atom stereocenters. The molecule has 0 aromatic heterocycles. The van der Waals surface area contributed by atoms with Gasteiger partial charge in [0.2, 0.25) is 0 Å². The molecule has 0 aliphatic heterocycles. The zero-order valence-corrected chi connectivity index (χ0v) is 11.1. The first kappa shape index (κ1) is 14.8. The second-order valence-corrected chi connectivity index (χ2v) is 4.29. The van der Waals surface area contributed by atoms with Crippen molar-refractivity contribution >= 4 is 11.6 Å². The Hall–Kier alpha value is -2.63. The molecule has 0 atom stereocenters. The fourth-order valence-corrected chi connectivity index (χ4v) is 1.72. The summed E-state index contributed by atoms with van der Waals surface area (Å²) in [6, 6.07) is 9.73. The average molecular weight is 292 g/mol. The van der Waals surface area contributed by atoms with Crippen LogP contribution < -0.4 is 15.8 Å². The molecule has 0 radical (unpaired) electrons. The third kappa shape index (κ3) is 4.17. The lowest BCUT2D eigenvalue weighted by atomic mass is 10.2. The van der Waals surface area contributed by atoms with Crippen LogP contribution in [0.15, 0.2) is 42.5 Å². The minimum absolute atomic E-state index is 0.150. The van der Waals surface area contributed by atoms with E-state index in [0.29, 0.717) is 24.6 Å². The van der Waals surface area contributed by atoms with E-state index in [4.69, 9.17) is 10.5 Å². The number of hydrogen-bond donors (Lipinski definition) is 2. The Balaban J connectivity index is 1.82. The van der Waals surface area contributed by atoms with E-state index in [1.807, 2.05) is 0 Å². The predicted octanol–water partition coefficient (Wildman–Crippen LogP) is 2.55. The van der Waals surface area contributed by atoms with Gasteiger partial charge in [0.1, 0.15) is 24.0 Å². The molecule has 0 spiro atoms. The van der Waals surface area contributed by atoms with Gasteiger partial charge in [-0.25, -0.2) is 8.78 Å². The lowest BCUT2D eigenvalue weighted by molar-refractivity contribution is 0.0996. The monoisotopic (exact) mass is 292 g/mol. The Labute approximate surface area is 120 Å². The van der Waals surface area contributed by atoms with E-state index in [-0.39, 0.29) is 11.4 Å². The van der Waals surface area contributed by atoms with Crippen LogP contribution in [0.3, 0.4) is 0 Å². The normalized spacial score (nSPS) is 10.2. The van der Waals surface area contributed by atoms with Crippen LogP contribution in [0.4, 0.5) is 14.5 Å². The van der Waals surface area contributed by atoms with Crippen LogP contribution in [0, 0.1) is 11.6 Å². The number of nitrogens with one attached hydrogen (secondary N) is 1. The number of nitrogens with two attached hydrogens (primary N) is 1. The molecule has 0 fully saturated rings. The van der Waals surface area contributed by atoms with Crippen LogP contribution in [-0.2, 0) is 0 Å². The highest BCUT2D eigenvalue weighted by Gasteiger charge is 2.08. The van der Waals surface area contributed by atoms with Crippen LogP contribution in [0.2, 0.25) is 0 Å². The smallest absolute Gasteiger partial charge is 0.251 e. The van der Waals surface area contributed by atoms with Gasteiger partial charge < -0.3 is 15.8 Å². The summed E-state index contributed by atoms with van der Waals surface area (Å²) in [6.45, 7) is 0.748. The number of ether oxygens (including phenoxy) is 1. The molecule has 0 aliphatic rings. The Kier molecular flexibility index (Phi) is 4.71. The fourth-order valence-electron chi connectivity index (χ4n) is 1.72. The minimum atomic E-state index is -0.807. The van der Waals surface area contributed by atoms with Crippen molar-refractivity contribution in [2.45, 2.75) is 0 Å². The topological polar surface area (TPSA) is 64.4 Å². The molecule has 0 aliphatic carbocycles. The van der Waals surface area contributed by atoms with Gasteiger partial charge in [-0.1, -0.05) is 0 Å². The molecular formula is C15H14F2N2O2. The maximum Gasteiger partial charge on any atom is 0.251 e. The first-order chi connectivity index (χ1) is 10.1. The summed E-state index contributed by atoms with van der Waals surface area (Å²) in [6.07, 6.45) is 0. The van der Waals surface area contributed by atoms with Crippen molar-refractivity contribution in [3.63, 3.8) is 0 Å². The number of amides is 1. The van der Waals surface area contributed by atoms with Crippen LogP contribution in [0.1, 0.15) is 10.4 Å². The Bertz CT molecular complexity index is 630. The van der Waals surface area contributed by atoms with Crippen molar-refractivity contribution in [2.75, 3.05) is 18.5 Å². The van der Waals surface area contributed by atoms with Crippen LogP contribution in [0.5, 0.6) is 5.75 Å². The summed E-state index contributed by atoms with van der Waals surface area (Å²) in [5, 5.41) is 2.94. The Morgan fingerprint density at radius 1 is 1.14 bits per heavy atom. The van der Waals surface area contributed by atoms with E-state index in [9.17, 15) is 13.6 Å². The van der Waals surface area contributed by atoms with Crippen molar-refractivity contribution in [3.05, 3.63) is 59.7 Å². The van der Waals surface area contributed by atoms with E-state index < -0.39 is 11.7 Å². The lowest BCUT2D eigenvalue weighted by Gasteiger charge is -2.09. The summed E-state index contributed by atoms with van der Waals surface area (Å²) in [5.74, 6) is -1.26. The number of carbonyl (C=O) groups excluding carboxylic acids is 1. The van der Waals surface area contributed by atoms with E-state index >= 15 is 0 Å². The summed E-state index contributed by atoms with van der Waals surface area (Å²) >= 11 is 0. The van der Waals surface area contributed by atoms with Crippen molar-refractivity contribution in [3.8, 4) is 5.75 Å². The third-order valence-electron chi connectivity index (χ3n) is 2.75. The second kappa shape index (κ2) is 6.69. The number of anilines is 1. The fraction of sp³-hybridized carbons (Fsp3) is 0.133. The van der Waals surface area contributed by atoms with Gasteiger partial charge in [-0.3, -0.25) is 4.79 Å². The number of halogens is 2. The maximum atomic E-state index is 13.5. The third-order valence-corrected chi connectivity index (χ3v) is 2.75. The van der Waals surface area contributed by atoms with Gasteiger partial charge >= 0.3 is 0 Å². The van der Waals surface area contributed by atoms with Crippen molar-refractivity contribution in [2.24, 2.45) is 5.73 Å². The molecule has 1 amide bonds. The van der Waals surface area contributed by atoms with Gasteiger partial charge in [-0.15, -0.1) is 0 Å². The predicted molar refractivity (Wildman–Crippen MR) is 75.3 cm³/mol. The Morgan fingerprint density at radius 3 is 2.48 bits per heavy atom. The molecule has 0 bridgehead atoms. The largest absolute Gasteiger partial charge is 0.492 e. The molecule has 0 saturated heterocycles. The number of rotatable bonds is 6. The van der Waals surface area contributed by atoms with Crippen molar-refractivity contribution in [1.82, 2.24) is 0 Å². The standard InChI is InChI=1S/C15H14F2N2O2/c16-10-1-4-12(5-2-10)21-8-7-19-11-3-6-13(15(18)20)14(17)9-11/h1-6,9,19H,7-8H2,(H2,18,20). The number of primary amides is 1. The summed E-state index contributed by atoms with van der Waals surface area (Å²) in [5.41, 5.74) is 5.38. The summed E-state index contributed by atoms with van der Waals surface area (Å²) < 4.78 is 31.6. The quantitative estimate of drug-likeness (QED) is 0.804. The van der Waals surface area contributed by atoms with Gasteiger partial charge in [-0.05, 0) is 42.5 Å². The van der Waals surface area contributed by atoms with E-state index in [1.54, 1.807) is 6.07 Å². The molecule has 6 heteroatoms. The van der Waals surface area contributed by atoms with E-state index in [1.165, 1.54) is 36.4 Å². The van der Waals surface area contributed by atoms with Gasteiger partial charge in [-0.2, -0.15) is 0 Å². The van der Waals surface area contributed by atoms with Gasteiger partial charge in [0, 0.05) is 12.2 Å². The first-order valence-electron chi connectivity index (χ1n) is 6.28. The lowest BCUT2D eigenvalue weighted by Crippen LogP contribution is -2.14. The van der Waals surface area contributed by atoms with Gasteiger partial charge in [0.25, 0.3) is 5.91 Å². The maximum absolute atomic E-state index is 13.5. The average Bonchev–Trinajstić information content (AvgIpc) is 2.45. The highest BCUT2D eigenvalue weighted by molar-refractivity contribution is 5.93. The minimum Gasteiger partial charge on any atom is -0.492 e. The summed E-state index contributed by atoms with van der Waals surface area (Å²) in [7, 11) is 0. The zero-order chi connectivity index (χ0) is 15.2. The van der Waals surface area contributed by atoms with Crippen molar-refractivity contribution in [1.29, 1.82) is 0 Å². The Morgan fingerprint density at radius 2 is 1.86 bits per heavy atom. The molecule has 0 saturated carbocycles. The second-order valence-electron chi connectivity index (χ2n) is 4.29. The molecule has 21 heavy (non-hydrogen) atoms. The molecule has 2 aromatic rings. The first-order valence-corrected chi connectivity index (χ1v) is 6.28. The van der Waals surface area contributed by atoms with Crippen LogP contribution in [-0.4, -0.2) is 19.1 Å². The molecule has 3 N–H and O–H groups in total. The number of carbonyl (C=O) groups is 1. The zero-order valence-electron chi connectivity index (χ0n) is 11.1. The molecule has 2 aromatic carbocycles. The van der Waals surface area contributed by atoms with Crippen LogP contribution in [0.25, 0.3) is 0 Å². The van der Waals surface area contributed by atoms with Crippen molar-refractivity contribution < 1.29 is 18.3 Å². The van der Waals surface area contributed by atoms with Gasteiger partial charge in [0.05, 0.1) is 5.56 Å². The SMILES string of the molecule is NC(=O)c1ccc(NCCOc2ccc(F)cc2)cc1F. The van der Waals surface area contributed by atoms with Gasteiger partial charge in [0.15, 0.2) is 0 Å². The molecule has 2 rings (SSSR count). The molecule has 4 nitrogen and oxygen atoms in total. The molecule has 110 valence electrons. The summed E-state index contributed by atoms with van der Waals surface area (Å²) in [4.78, 5) is 10.9. The van der Waals surface area contributed by atoms with Crippen LogP contribution >= 0.6 is 0 Å². The highest BCUT2D eigenvalue weighted by atomic mass is 19.1. The van der Waals surface area contributed by atoms with E-state index in [2.05, 4.69) is 5.32 Å². The highest BCUT2D eigenvalue weighted by Crippen LogP contribution is 2.14. The molecule has 0 heterocycles. The number of benzene rings is 2.